The molecule has 1 saturated carbocycles. The minimum absolute atomic E-state index is 0.0820. The first-order valence-electron chi connectivity index (χ1n) is 10.8. The predicted molar refractivity (Wildman–Crippen MR) is 118 cm³/mol. The number of carboxylic acid groups (broad SMARTS) is 1. The number of carbonyl (C=O) groups is 1. The van der Waals surface area contributed by atoms with Crippen molar-refractivity contribution in [1.82, 2.24) is 4.98 Å². The largest absolute Gasteiger partial charge is 0.479 e. The molecule has 1 aliphatic rings. The topological polar surface area (TPSA) is 94.7 Å². The fourth-order valence-electron chi connectivity index (χ4n) is 3.52. The van der Waals surface area contributed by atoms with Gasteiger partial charge in [-0.15, -0.1) is 0 Å². The standard InChI is InChI=1S/C25H24F2N2O4/c1-2-22(25(30)31)33-24-21(27)12-20(26)23(29-24)32-19-10-17(15-6-7-15)9-18(11-19)16-5-3-4-14(8-16)13-28/h3-5,8-12,15,22H,2,6-7,13,28H2,1H3,(H,30,31)/t22-/m1/s1. The first-order chi connectivity index (χ1) is 15.9. The molecule has 0 spiro atoms. The van der Waals surface area contributed by atoms with Crippen LogP contribution in [0.4, 0.5) is 8.78 Å². The van der Waals surface area contributed by atoms with Gasteiger partial charge in [0.05, 0.1) is 0 Å². The van der Waals surface area contributed by atoms with E-state index in [0.717, 1.165) is 35.1 Å². The SMILES string of the molecule is CC[C@@H](Oc1nc(Oc2cc(-c3cccc(CN)c3)cc(C3CC3)c2)c(F)cc1F)C(=O)O. The zero-order valence-corrected chi connectivity index (χ0v) is 18.1. The van der Waals surface area contributed by atoms with E-state index in [1.807, 2.05) is 30.3 Å². The number of aromatic nitrogens is 1. The third kappa shape index (κ3) is 5.28. The highest BCUT2D eigenvalue weighted by molar-refractivity contribution is 5.72. The van der Waals surface area contributed by atoms with Crippen molar-refractivity contribution in [2.24, 2.45) is 5.73 Å². The number of aliphatic carboxylic acids is 1. The third-order valence-corrected chi connectivity index (χ3v) is 5.45. The molecule has 1 atom stereocenters. The number of hydrogen-bond acceptors (Lipinski definition) is 5. The molecule has 0 radical (unpaired) electrons. The van der Waals surface area contributed by atoms with Gasteiger partial charge in [-0.1, -0.05) is 31.2 Å². The molecule has 1 aromatic heterocycles. The van der Waals surface area contributed by atoms with E-state index in [1.165, 1.54) is 0 Å². The quantitative estimate of drug-likeness (QED) is 0.450. The third-order valence-electron chi connectivity index (χ3n) is 5.45. The molecule has 0 bridgehead atoms. The van der Waals surface area contributed by atoms with E-state index in [2.05, 4.69) is 11.1 Å². The van der Waals surface area contributed by atoms with E-state index in [-0.39, 0.29) is 6.42 Å². The van der Waals surface area contributed by atoms with Crippen LogP contribution in [0.5, 0.6) is 17.5 Å². The summed E-state index contributed by atoms with van der Waals surface area (Å²) >= 11 is 0. The summed E-state index contributed by atoms with van der Waals surface area (Å²) in [6.07, 6.45) is 0.879. The van der Waals surface area contributed by atoms with Crippen LogP contribution in [0.3, 0.4) is 0 Å². The van der Waals surface area contributed by atoms with Crippen molar-refractivity contribution in [2.75, 3.05) is 0 Å². The van der Waals surface area contributed by atoms with Crippen LogP contribution < -0.4 is 15.2 Å². The highest BCUT2D eigenvalue weighted by Gasteiger charge is 2.26. The lowest BCUT2D eigenvalue weighted by Gasteiger charge is -2.15. The molecule has 2 aromatic carbocycles. The number of benzene rings is 2. The second-order valence-corrected chi connectivity index (χ2v) is 7.99. The number of nitrogens with two attached hydrogens (primary N) is 1. The molecule has 1 heterocycles. The predicted octanol–water partition coefficient (Wildman–Crippen LogP) is 5.40. The molecular weight excluding hydrogens is 430 g/mol. The van der Waals surface area contributed by atoms with Gasteiger partial charge in [0.25, 0.3) is 11.8 Å². The number of ether oxygens (including phenoxy) is 2. The van der Waals surface area contributed by atoms with Crippen molar-refractivity contribution in [2.45, 2.75) is 44.8 Å². The Morgan fingerprint density at radius 3 is 2.55 bits per heavy atom. The summed E-state index contributed by atoms with van der Waals surface area (Å²) in [4.78, 5) is 15.0. The first-order valence-corrected chi connectivity index (χ1v) is 10.8. The number of hydrogen-bond donors (Lipinski definition) is 2. The van der Waals surface area contributed by atoms with Crippen LogP contribution in [0.1, 0.15) is 43.2 Å². The Morgan fingerprint density at radius 2 is 1.88 bits per heavy atom. The first kappa shape index (κ1) is 22.7. The van der Waals surface area contributed by atoms with E-state index >= 15 is 0 Å². The fraction of sp³-hybridized carbons (Fsp3) is 0.280. The van der Waals surface area contributed by atoms with Gasteiger partial charge in [0.1, 0.15) is 5.75 Å². The Balaban J connectivity index is 1.69. The number of halogens is 2. The van der Waals surface area contributed by atoms with Crippen LogP contribution in [0.2, 0.25) is 0 Å². The lowest BCUT2D eigenvalue weighted by atomic mass is 9.99. The second kappa shape index (κ2) is 9.54. The smallest absolute Gasteiger partial charge is 0.344 e. The van der Waals surface area contributed by atoms with Crippen LogP contribution in [0.15, 0.2) is 48.5 Å². The Morgan fingerprint density at radius 1 is 1.12 bits per heavy atom. The Kier molecular flexibility index (Phi) is 6.55. The van der Waals surface area contributed by atoms with Gasteiger partial charge in [0, 0.05) is 12.6 Å². The Hall–Kier alpha value is -3.52. The number of carboxylic acids is 1. The van der Waals surface area contributed by atoms with E-state index < -0.39 is 35.5 Å². The average molecular weight is 454 g/mol. The van der Waals surface area contributed by atoms with Crippen molar-refractivity contribution in [3.05, 3.63) is 71.3 Å². The minimum Gasteiger partial charge on any atom is -0.479 e. The Labute approximate surface area is 190 Å². The molecule has 0 amide bonds. The molecule has 8 heteroatoms. The average Bonchev–Trinajstić information content (AvgIpc) is 3.65. The van der Waals surface area contributed by atoms with Crippen molar-refractivity contribution in [3.63, 3.8) is 0 Å². The molecule has 172 valence electrons. The number of pyridine rings is 1. The van der Waals surface area contributed by atoms with Crippen LogP contribution in [0, 0.1) is 11.6 Å². The zero-order chi connectivity index (χ0) is 23.5. The summed E-state index contributed by atoms with van der Waals surface area (Å²) in [5.74, 6) is -3.79. The summed E-state index contributed by atoms with van der Waals surface area (Å²) in [6, 6.07) is 14.0. The van der Waals surface area contributed by atoms with E-state index in [9.17, 15) is 13.6 Å². The Bertz CT molecular complexity index is 1180. The number of rotatable bonds is 9. The van der Waals surface area contributed by atoms with Crippen LogP contribution in [-0.4, -0.2) is 22.2 Å². The summed E-state index contributed by atoms with van der Waals surface area (Å²) in [5, 5.41) is 9.16. The molecule has 0 unspecified atom stereocenters. The van der Waals surface area contributed by atoms with Gasteiger partial charge in [-0.2, -0.15) is 4.98 Å². The van der Waals surface area contributed by atoms with Gasteiger partial charge in [0.15, 0.2) is 17.7 Å². The maximum atomic E-state index is 14.5. The number of nitrogens with zero attached hydrogens (tertiary/aromatic N) is 1. The lowest BCUT2D eigenvalue weighted by molar-refractivity contribution is -0.145. The van der Waals surface area contributed by atoms with Crippen molar-refractivity contribution >= 4 is 5.97 Å². The van der Waals surface area contributed by atoms with Gasteiger partial charge in [-0.25, -0.2) is 13.6 Å². The lowest BCUT2D eigenvalue weighted by Crippen LogP contribution is -2.26. The molecule has 1 aliphatic carbocycles. The van der Waals surface area contributed by atoms with Gasteiger partial charge in [0.2, 0.25) is 0 Å². The molecule has 0 saturated heterocycles. The summed E-state index contributed by atoms with van der Waals surface area (Å²) in [7, 11) is 0. The fourth-order valence-corrected chi connectivity index (χ4v) is 3.52. The minimum atomic E-state index is -1.31. The normalized spacial score (nSPS) is 14.1. The monoisotopic (exact) mass is 454 g/mol. The molecule has 1 fully saturated rings. The molecule has 3 aromatic rings. The van der Waals surface area contributed by atoms with Gasteiger partial charge in [-0.3, -0.25) is 0 Å². The zero-order valence-electron chi connectivity index (χ0n) is 18.1. The molecule has 6 nitrogen and oxygen atoms in total. The van der Waals surface area contributed by atoms with Crippen LogP contribution in [0.25, 0.3) is 11.1 Å². The molecule has 3 N–H and O–H groups in total. The maximum Gasteiger partial charge on any atom is 0.344 e. The highest BCUT2D eigenvalue weighted by atomic mass is 19.1. The van der Waals surface area contributed by atoms with Gasteiger partial charge < -0.3 is 20.3 Å². The van der Waals surface area contributed by atoms with Crippen LogP contribution >= 0.6 is 0 Å². The highest BCUT2D eigenvalue weighted by Crippen LogP contribution is 2.43. The summed E-state index contributed by atoms with van der Waals surface area (Å²) in [6.45, 7) is 1.98. The molecular formula is C25H24F2N2O4. The van der Waals surface area contributed by atoms with Crippen LogP contribution in [-0.2, 0) is 11.3 Å². The van der Waals surface area contributed by atoms with Crippen molar-refractivity contribution < 1.29 is 28.2 Å². The molecule has 33 heavy (non-hydrogen) atoms. The molecule has 0 aliphatic heterocycles. The van der Waals surface area contributed by atoms with Crippen molar-refractivity contribution in [3.8, 4) is 28.6 Å². The van der Waals surface area contributed by atoms with Crippen molar-refractivity contribution in [1.29, 1.82) is 0 Å². The second-order valence-electron chi connectivity index (χ2n) is 7.99. The van der Waals surface area contributed by atoms with Gasteiger partial charge in [-0.05, 0) is 65.6 Å². The molecule has 4 rings (SSSR count). The van der Waals surface area contributed by atoms with E-state index in [1.54, 1.807) is 13.0 Å². The van der Waals surface area contributed by atoms with E-state index in [4.69, 9.17) is 20.3 Å². The summed E-state index contributed by atoms with van der Waals surface area (Å²) < 4.78 is 39.5. The maximum absolute atomic E-state index is 14.5. The van der Waals surface area contributed by atoms with E-state index in [0.29, 0.717) is 24.3 Å². The van der Waals surface area contributed by atoms with Gasteiger partial charge >= 0.3 is 5.97 Å². The summed E-state index contributed by atoms with van der Waals surface area (Å²) in [5.41, 5.74) is 9.61.